The molecule has 2 rings (SSSR count). The zero-order valence-electron chi connectivity index (χ0n) is 11.3. The van der Waals surface area contributed by atoms with E-state index < -0.39 is 0 Å². The minimum Gasteiger partial charge on any atom is -0.351 e. The summed E-state index contributed by atoms with van der Waals surface area (Å²) in [6.07, 6.45) is 2.18. The molecule has 0 aromatic heterocycles. The molecule has 1 aromatic rings. The molecule has 6 heteroatoms. The van der Waals surface area contributed by atoms with Crippen LogP contribution < -0.4 is 10.6 Å². The molecule has 0 atom stereocenters. The Hall–Kier alpha value is -0.290. The van der Waals surface area contributed by atoms with Gasteiger partial charge in [-0.05, 0) is 65.5 Å². The molecular weight excluding hydrogens is 363 g/mol. The Morgan fingerprint density at radius 3 is 2.70 bits per heavy atom. The fraction of sp³-hybridized carbons (Fsp3) is 0.500. The number of hydrogen-bond acceptors (Lipinski definition) is 2. The van der Waals surface area contributed by atoms with Crippen LogP contribution in [0.2, 0.25) is 5.02 Å². The molecule has 0 saturated carbocycles. The molecule has 1 aromatic carbocycles. The molecule has 1 amide bonds. The van der Waals surface area contributed by atoms with Crippen molar-refractivity contribution >= 4 is 45.8 Å². The molecular formula is C14H19BrCl2N2O. The van der Waals surface area contributed by atoms with Gasteiger partial charge in [-0.2, -0.15) is 0 Å². The quantitative estimate of drug-likeness (QED) is 0.838. The van der Waals surface area contributed by atoms with Crippen LogP contribution in [0.4, 0.5) is 0 Å². The van der Waals surface area contributed by atoms with Crippen LogP contribution >= 0.6 is 39.9 Å². The highest BCUT2D eigenvalue weighted by molar-refractivity contribution is 9.10. The molecule has 0 unspecified atom stereocenters. The summed E-state index contributed by atoms with van der Waals surface area (Å²) in [5.41, 5.74) is 0.821. The summed E-state index contributed by atoms with van der Waals surface area (Å²) in [4.78, 5) is 12.2. The van der Waals surface area contributed by atoms with Crippen LogP contribution in [0.15, 0.2) is 22.7 Å². The van der Waals surface area contributed by atoms with E-state index in [1.807, 2.05) is 0 Å². The van der Waals surface area contributed by atoms with Crippen molar-refractivity contribution in [1.29, 1.82) is 0 Å². The van der Waals surface area contributed by atoms with E-state index in [2.05, 4.69) is 33.5 Å². The molecule has 2 N–H and O–H groups in total. The third-order valence-electron chi connectivity index (χ3n) is 3.66. The Bertz CT molecular complexity index is 476. The van der Waals surface area contributed by atoms with Gasteiger partial charge in [0.15, 0.2) is 0 Å². The maximum absolute atomic E-state index is 12.2. The molecule has 0 radical (unpaired) electrons. The lowest BCUT2D eigenvalue weighted by Crippen LogP contribution is -2.42. The van der Waals surface area contributed by atoms with Gasteiger partial charge in [-0.15, -0.1) is 12.4 Å². The number of carbonyl (C=O) groups is 1. The second-order valence-corrected chi connectivity index (χ2v) is 6.66. The second-order valence-electron chi connectivity index (χ2n) is 5.37. The topological polar surface area (TPSA) is 41.1 Å². The molecule has 20 heavy (non-hydrogen) atoms. The number of hydrogen-bond donors (Lipinski definition) is 2. The second kappa shape index (κ2) is 7.64. The number of halogens is 3. The predicted molar refractivity (Wildman–Crippen MR) is 88.9 cm³/mol. The number of benzene rings is 1. The predicted octanol–water partition coefficient (Wildman–Crippen LogP) is 3.64. The van der Waals surface area contributed by atoms with Gasteiger partial charge in [-0.3, -0.25) is 4.79 Å². The van der Waals surface area contributed by atoms with Gasteiger partial charge in [-0.1, -0.05) is 18.5 Å². The molecule has 0 aliphatic carbocycles. The summed E-state index contributed by atoms with van der Waals surface area (Å²) in [7, 11) is 0. The summed E-state index contributed by atoms with van der Waals surface area (Å²) >= 11 is 9.25. The molecule has 1 heterocycles. The minimum atomic E-state index is -0.0525. The molecule has 1 aliphatic heterocycles. The van der Waals surface area contributed by atoms with Crippen molar-refractivity contribution in [3.8, 4) is 0 Å². The standard InChI is InChI=1S/C14H18BrClN2O.ClH/c1-14(4-6-17-7-5-14)9-18-13(19)11-3-2-10(16)8-12(11)15;/h2-3,8,17H,4-7,9H2,1H3,(H,18,19);1H. The summed E-state index contributed by atoms with van der Waals surface area (Å²) in [6.45, 7) is 4.99. The van der Waals surface area contributed by atoms with Crippen LogP contribution in [0.5, 0.6) is 0 Å². The van der Waals surface area contributed by atoms with Crippen LogP contribution in [0.1, 0.15) is 30.1 Å². The number of nitrogens with one attached hydrogen (secondary N) is 2. The molecule has 0 spiro atoms. The van der Waals surface area contributed by atoms with Crippen molar-refractivity contribution in [2.75, 3.05) is 19.6 Å². The van der Waals surface area contributed by atoms with E-state index >= 15 is 0 Å². The van der Waals surface area contributed by atoms with Gasteiger partial charge in [0.25, 0.3) is 5.91 Å². The first kappa shape index (κ1) is 17.8. The molecule has 112 valence electrons. The fourth-order valence-electron chi connectivity index (χ4n) is 2.27. The fourth-order valence-corrected chi connectivity index (χ4v) is 3.13. The van der Waals surface area contributed by atoms with Gasteiger partial charge in [0.1, 0.15) is 0 Å². The summed E-state index contributed by atoms with van der Waals surface area (Å²) in [5.74, 6) is -0.0525. The van der Waals surface area contributed by atoms with Gasteiger partial charge in [0.2, 0.25) is 0 Å². The normalized spacial score (nSPS) is 17.1. The Labute approximate surface area is 139 Å². The van der Waals surface area contributed by atoms with Gasteiger partial charge in [0.05, 0.1) is 5.56 Å². The summed E-state index contributed by atoms with van der Waals surface area (Å²) in [5, 5.41) is 6.99. The zero-order chi connectivity index (χ0) is 13.9. The van der Waals surface area contributed by atoms with Crippen LogP contribution in [0.3, 0.4) is 0 Å². The van der Waals surface area contributed by atoms with Gasteiger partial charge >= 0.3 is 0 Å². The number of amides is 1. The third kappa shape index (κ3) is 4.62. The third-order valence-corrected chi connectivity index (χ3v) is 4.55. The van der Waals surface area contributed by atoms with Crippen molar-refractivity contribution in [3.63, 3.8) is 0 Å². The van der Waals surface area contributed by atoms with E-state index in [0.29, 0.717) is 17.1 Å². The smallest absolute Gasteiger partial charge is 0.252 e. The highest BCUT2D eigenvalue weighted by atomic mass is 79.9. The summed E-state index contributed by atoms with van der Waals surface area (Å²) < 4.78 is 0.730. The SMILES string of the molecule is CC1(CNC(=O)c2ccc(Cl)cc2Br)CCNCC1.Cl. The first-order chi connectivity index (χ1) is 9.00. The van der Waals surface area contributed by atoms with E-state index in [1.54, 1.807) is 18.2 Å². The Kier molecular flexibility index (Phi) is 6.79. The lowest BCUT2D eigenvalue weighted by Gasteiger charge is -2.34. The van der Waals surface area contributed by atoms with Crippen molar-refractivity contribution in [2.45, 2.75) is 19.8 Å². The molecule has 1 saturated heterocycles. The van der Waals surface area contributed by atoms with Crippen LogP contribution in [-0.2, 0) is 0 Å². The Morgan fingerprint density at radius 1 is 1.45 bits per heavy atom. The average Bonchev–Trinajstić information content (AvgIpc) is 2.37. The molecule has 1 fully saturated rings. The van der Waals surface area contributed by atoms with E-state index in [-0.39, 0.29) is 23.7 Å². The van der Waals surface area contributed by atoms with Gasteiger partial charge in [0, 0.05) is 16.0 Å². The Morgan fingerprint density at radius 2 is 2.10 bits per heavy atom. The lowest BCUT2D eigenvalue weighted by atomic mass is 9.81. The van der Waals surface area contributed by atoms with Crippen LogP contribution in [0, 0.1) is 5.41 Å². The van der Waals surface area contributed by atoms with Crippen molar-refractivity contribution in [3.05, 3.63) is 33.3 Å². The first-order valence-electron chi connectivity index (χ1n) is 6.44. The van der Waals surface area contributed by atoms with Crippen LogP contribution in [0.25, 0.3) is 0 Å². The maximum atomic E-state index is 12.2. The van der Waals surface area contributed by atoms with Gasteiger partial charge in [-0.25, -0.2) is 0 Å². The van der Waals surface area contributed by atoms with Crippen LogP contribution in [-0.4, -0.2) is 25.5 Å². The Balaban J connectivity index is 0.00000200. The summed E-state index contributed by atoms with van der Waals surface area (Å²) in [6, 6.07) is 5.21. The molecule has 3 nitrogen and oxygen atoms in total. The van der Waals surface area contributed by atoms with E-state index in [9.17, 15) is 4.79 Å². The molecule has 1 aliphatic rings. The first-order valence-corrected chi connectivity index (χ1v) is 7.61. The van der Waals surface area contributed by atoms with E-state index in [4.69, 9.17) is 11.6 Å². The highest BCUT2D eigenvalue weighted by Crippen LogP contribution is 2.27. The van der Waals surface area contributed by atoms with Crippen molar-refractivity contribution in [1.82, 2.24) is 10.6 Å². The van der Waals surface area contributed by atoms with Gasteiger partial charge < -0.3 is 10.6 Å². The van der Waals surface area contributed by atoms with E-state index in [1.165, 1.54) is 0 Å². The monoisotopic (exact) mass is 380 g/mol. The lowest BCUT2D eigenvalue weighted by molar-refractivity contribution is 0.0921. The molecule has 0 bridgehead atoms. The number of piperidine rings is 1. The van der Waals surface area contributed by atoms with E-state index in [0.717, 1.165) is 30.4 Å². The number of carbonyl (C=O) groups excluding carboxylic acids is 1. The largest absolute Gasteiger partial charge is 0.351 e. The maximum Gasteiger partial charge on any atom is 0.252 e. The zero-order valence-corrected chi connectivity index (χ0v) is 14.5. The average molecular weight is 382 g/mol. The highest BCUT2D eigenvalue weighted by Gasteiger charge is 2.27. The van der Waals surface area contributed by atoms with Crippen molar-refractivity contribution in [2.24, 2.45) is 5.41 Å². The number of rotatable bonds is 3. The van der Waals surface area contributed by atoms with Crippen molar-refractivity contribution < 1.29 is 4.79 Å². The minimum absolute atomic E-state index is 0.